The number of aromatic nitrogens is 3. The van der Waals surface area contributed by atoms with Gasteiger partial charge in [-0.05, 0) is 61.7 Å². The predicted molar refractivity (Wildman–Crippen MR) is 135 cm³/mol. The largest absolute Gasteiger partial charge is 0.488 e. The summed E-state index contributed by atoms with van der Waals surface area (Å²) in [5, 5.41) is 3.42. The number of piperazine rings is 1. The van der Waals surface area contributed by atoms with Gasteiger partial charge in [0.15, 0.2) is 5.82 Å². The van der Waals surface area contributed by atoms with Gasteiger partial charge in [0.1, 0.15) is 35.8 Å². The normalized spacial score (nSPS) is 18.7. The molecular weight excluding hydrogens is 444 g/mol. The molecule has 2 saturated heterocycles. The van der Waals surface area contributed by atoms with Crippen molar-refractivity contribution in [2.75, 3.05) is 49.6 Å². The summed E-state index contributed by atoms with van der Waals surface area (Å²) < 4.78 is 11.7. The van der Waals surface area contributed by atoms with Crippen molar-refractivity contribution < 1.29 is 14.3 Å². The monoisotopic (exact) mass is 474 g/mol. The molecule has 2 fully saturated rings. The smallest absolute Gasteiger partial charge is 0.160 e. The molecule has 9 nitrogen and oxygen atoms in total. The Kier molecular flexibility index (Phi) is 7.04. The van der Waals surface area contributed by atoms with Crippen LogP contribution in [0.15, 0.2) is 48.9 Å². The molecule has 2 aromatic heterocycles. The molecule has 4 heterocycles. The van der Waals surface area contributed by atoms with Crippen LogP contribution < -0.4 is 15.0 Å². The maximum atomic E-state index is 10.6. The lowest BCUT2D eigenvalue weighted by atomic mass is 10.1. The number of aryl methyl sites for hydroxylation is 1. The zero-order valence-corrected chi connectivity index (χ0v) is 19.9. The minimum Gasteiger partial charge on any atom is -0.488 e. The van der Waals surface area contributed by atoms with Crippen molar-refractivity contribution in [3.8, 4) is 5.75 Å². The predicted octanol–water partition coefficient (Wildman–Crippen LogP) is 3.47. The van der Waals surface area contributed by atoms with Crippen molar-refractivity contribution in [1.29, 1.82) is 0 Å². The highest BCUT2D eigenvalue weighted by atomic mass is 16.5. The molecule has 1 atom stereocenters. The Morgan fingerprint density at radius 3 is 2.80 bits per heavy atom. The van der Waals surface area contributed by atoms with Crippen LogP contribution in [-0.2, 0) is 9.53 Å². The second-order valence-corrected chi connectivity index (χ2v) is 8.82. The summed E-state index contributed by atoms with van der Waals surface area (Å²) in [5.41, 5.74) is 3.48. The van der Waals surface area contributed by atoms with Crippen LogP contribution in [-0.4, -0.2) is 71.6 Å². The Hall–Kier alpha value is -3.72. The van der Waals surface area contributed by atoms with Gasteiger partial charge in [0, 0.05) is 44.7 Å². The molecular formula is C26H30N6O3. The van der Waals surface area contributed by atoms with E-state index in [-0.39, 0.29) is 6.10 Å². The average molecular weight is 475 g/mol. The van der Waals surface area contributed by atoms with Crippen molar-refractivity contribution in [3.63, 3.8) is 0 Å². The summed E-state index contributed by atoms with van der Waals surface area (Å²) in [6.07, 6.45) is 7.89. The number of carbonyl (C=O) groups is 1. The topological polar surface area (TPSA) is 92.7 Å². The SMILES string of the molecule is Cc1cc(Nc2ncnc3ccc(N4CCN(C=CC=O)CC4)nc23)ccc1O[C@@H]1CCCOC1. The fraction of sp³-hybridized carbons (Fsp3) is 0.385. The molecule has 0 aliphatic carbocycles. The lowest BCUT2D eigenvalue weighted by molar-refractivity contribution is -0.104. The molecule has 9 heteroatoms. The summed E-state index contributed by atoms with van der Waals surface area (Å²) in [5.74, 6) is 2.43. The molecule has 0 bridgehead atoms. The molecule has 182 valence electrons. The maximum absolute atomic E-state index is 10.6. The first-order chi connectivity index (χ1) is 17.2. The number of nitrogens with zero attached hydrogens (tertiary/aromatic N) is 5. The third-order valence-electron chi connectivity index (χ3n) is 6.33. The van der Waals surface area contributed by atoms with E-state index in [0.29, 0.717) is 12.4 Å². The van der Waals surface area contributed by atoms with E-state index in [0.717, 1.165) is 85.8 Å². The number of benzene rings is 1. The number of carbonyl (C=O) groups excluding carboxylic acids is 1. The first-order valence-corrected chi connectivity index (χ1v) is 12.0. The first kappa shape index (κ1) is 23.0. The summed E-state index contributed by atoms with van der Waals surface area (Å²) >= 11 is 0. The maximum Gasteiger partial charge on any atom is 0.160 e. The number of hydrogen-bond donors (Lipinski definition) is 1. The Morgan fingerprint density at radius 1 is 1.14 bits per heavy atom. The summed E-state index contributed by atoms with van der Waals surface area (Å²) in [4.78, 5) is 28.7. The molecule has 35 heavy (non-hydrogen) atoms. The van der Waals surface area contributed by atoms with Crippen molar-refractivity contribution in [2.45, 2.75) is 25.9 Å². The zero-order valence-electron chi connectivity index (χ0n) is 19.9. The Balaban J connectivity index is 1.32. The van der Waals surface area contributed by atoms with Gasteiger partial charge in [-0.3, -0.25) is 4.79 Å². The third kappa shape index (κ3) is 5.51. The Bertz CT molecular complexity index is 1200. The van der Waals surface area contributed by atoms with E-state index < -0.39 is 0 Å². The zero-order chi connectivity index (χ0) is 24.0. The lowest BCUT2D eigenvalue weighted by Crippen LogP contribution is -2.44. The van der Waals surface area contributed by atoms with E-state index in [1.165, 1.54) is 6.08 Å². The summed E-state index contributed by atoms with van der Waals surface area (Å²) in [7, 11) is 0. The van der Waals surface area contributed by atoms with Crippen LogP contribution in [0.2, 0.25) is 0 Å². The van der Waals surface area contributed by atoms with E-state index in [4.69, 9.17) is 14.5 Å². The van der Waals surface area contributed by atoms with Crippen LogP contribution in [0, 0.1) is 6.92 Å². The fourth-order valence-electron chi connectivity index (χ4n) is 4.43. The number of pyridine rings is 1. The molecule has 0 amide bonds. The highest BCUT2D eigenvalue weighted by Crippen LogP contribution is 2.29. The van der Waals surface area contributed by atoms with E-state index in [9.17, 15) is 4.79 Å². The standard InChI is InChI=1S/C26H30N6O3/c1-19-16-20(5-7-23(19)35-21-4-2-15-34-17-21)29-26-25-22(27-18-28-26)6-8-24(30-25)32-12-10-31(11-13-32)9-3-14-33/h3,5-9,14,16,18,21H,2,4,10-13,15,17H2,1H3,(H,27,28,29)/t21-/m1/s1. The first-order valence-electron chi connectivity index (χ1n) is 12.0. The number of nitrogens with one attached hydrogen (secondary N) is 1. The van der Waals surface area contributed by atoms with E-state index >= 15 is 0 Å². The van der Waals surface area contributed by atoms with E-state index in [2.05, 4.69) is 31.2 Å². The lowest BCUT2D eigenvalue weighted by Gasteiger charge is -2.34. The van der Waals surface area contributed by atoms with Crippen LogP contribution in [0.25, 0.3) is 11.0 Å². The van der Waals surface area contributed by atoms with Gasteiger partial charge >= 0.3 is 0 Å². The third-order valence-corrected chi connectivity index (χ3v) is 6.33. The molecule has 0 saturated carbocycles. The molecule has 0 unspecified atom stereocenters. The van der Waals surface area contributed by atoms with Crippen LogP contribution in [0.5, 0.6) is 5.75 Å². The van der Waals surface area contributed by atoms with Crippen molar-refractivity contribution >= 4 is 34.6 Å². The van der Waals surface area contributed by atoms with Crippen LogP contribution >= 0.6 is 0 Å². The number of fused-ring (bicyclic) bond motifs is 1. The van der Waals surface area contributed by atoms with Gasteiger partial charge in [-0.25, -0.2) is 15.0 Å². The quantitative estimate of drug-likeness (QED) is 0.408. The molecule has 1 aromatic carbocycles. The number of rotatable bonds is 7. The Morgan fingerprint density at radius 2 is 2.03 bits per heavy atom. The second kappa shape index (κ2) is 10.7. The van der Waals surface area contributed by atoms with Gasteiger partial charge in [-0.2, -0.15) is 0 Å². The minimum atomic E-state index is 0.109. The number of aldehydes is 1. The van der Waals surface area contributed by atoms with Crippen molar-refractivity contribution in [1.82, 2.24) is 19.9 Å². The number of allylic oxidation sites excluding steroid dienone is 1. The molecule has 1 N–H and O–H groups in total. The van der Waals surface area contributed by atoms with Crippen LogP contribution in [0.1, 0.15) is 18.4 Å². The highest BCUT2D eigenvalue weighted by Gasteiger charge is 2.18. The van der Waals surface area contributed by atoms with Gasteiger partial charge in [0.25, 0.3) is 0 Å². The highest BCUT2D eigenvalue weighted by molar-refractivity contribution is 5.88. The molecule has 0 radical (unpaired) electrons. The van der Waals surface area contributed by atoms with E-state index in [1.54, 1.807) is 6.33 Å². The molecule has 2 aliphatic rings. The number of anilines is 3. The van der Waals surface area contributed by atoms with Gasteiger partial charge in [0.2, 0.25) is 0 Å². The summed E-state index contributed by atoms with van der Waals surface area (Å²) in [6, 6.07) is 10.0. The summed E-state index contributed by atoms with van der Waals surface area (Å²) in [6.45, 7) is 6.82. The fourth-order valence-corrected chi connectivity index (χ4v) is 4.43. The number of ether oxygens (including phenoxy) is 2. The number of hydrogen-bond acceptors (Lipinski definition) is 9. The molecule has 0 spiro atoms. The van der Waals surface area contributed by atoms with Crippen molar-refractivity contribution in [3.05, 3.63) is 54.5 Å². The average Bonchev–Trinajstić information content (AvgIpc) is 2.90. The van der Waals surface area contributed by atoms with Gasteiger partial charge in [-0.1, -0.05) is 0 Å². The van der Waals surface area contributed by atoms with Gasteiger partial charge in [-0.15, -0.1) is 0 Å². The van der Waals surface area contributed by atoms with Crippen molar-refractivity contribution in [2.24, 2.45) is 0 Å². The Labute approximate surface area is 204 Å². The van der Waals surface area contributed by atoms with E-state index in [1.807, 2.05) is 37.4 Å². The minimum absolute atomic E-state index is 0.109. The molecule has 2 aliphatic heterocycles. The second-order valence-electron chi connectivity index (χ2n) is 8.82. The van der Waals surface area contributed by atoms with Crippen LogP contribution in [0.3, 0.4) is 0 Å². The molecule has 3 aromatic rings. The molecule has 5 rings (SSSR count). The van der Waals surface area contributed by atoms with Crippen LogP contribution in [0.4, 0.5) is 17.3 Å². The van der Waals surface area contributed by atoms with Gasteiger partial charge < -0.3 is 24.6 Å². The van der Waals surface area contributed by atoms with Gasteiger partial charge in [0.05, 0.1) is 12.1 Å².